The quantitative estimate of drug-likeness (QED) is 0.335. The standard InChI is InChI=1S/C4H7N3O3/c1-4(2-8,3(9)10)6-7-5/h8H,2H2,1H3,(H,9,10)/t4-/m1/s1. The van der Waals surface area contributed by atoms with E-state index in [1.54, 1.807) is 0 Å². The highest BCUT2D eigenvalue weighted by atomic mass is 16.4. The van der Waals surface area contributed by atoms with Crippen LogP contribution in [0.1, 0.15) is 6.92 Å². The summed E-state index contributed by atoms with van der Waals surface area (Å²) in [5, 5.41) is 19.7. The summed E-state index contributed by atoms with van der Waals surface area (Å²) in [6.07, 6.45) is 0. The molecule has 0 saturated heterocycles. The Labute approximate surface area is 56.7 Å². The Morgan fingerprint density at radius 2 is 2.40 bits per heavy atom. The van der Waals surface area contributed by atoms with Crippen LogP contribution in [-0.4, -0.2) is 28.3 Å². The Hall–Kier alpha value is -1.26. The Balaban J connectivity index is 4.54. The SMILES string of the molecule is C[C@](CO)(N=[N+]=[N-])C(=O)O. The predicted molar refractivity (Wildman–Crippen MR) is 32.3 cm³/mol. The minimum Gasteiger partial charge on any atom is -0.481 e. The zero-order valence-electron chi connectivity index (χ0n) is 5.35. The highest BCUT2D eigenvalue weighted by Gasteiger charge is 2.30. The second-order valence-electron chi connectivity index (χ2n) is 1.93. The van der Waals surface area contributed by atoms with Crippen LogP contribution in [0.2, 0.25) is 0 Å². The smallest absolute Gasteiger partial charge is 0.317 e. The number of aliphatic hydroxyl groups excluding tert-OH is 1. The fraction of sp³-hybridized carbons (Fsp3) is 0.750. The minimum absolute atomic E-state index is 0.702. The second kappa shape index (κ2) is 3.05. The highest BCUT2D eigenvalue weighted by molar-refractivity contribution is 5.78. The van der Waals surface area contributed by atoms with Crippen molar-refractivity contribution in [2.75, 3.05) is 6.61 Å². The number of aliphatic carboxylic acids is 1. The van der Waals surface area contributed by atoms with Crippen LogP contribution in [0.3, 0.4) is 0 Å². The van der Waals surface area contributed by atoms with E-state index in [0.717, 1.165) is 6.92 Å². The van der Waals surface area contributed by atoms with Crippen molar-refractivity contribution in [3.8, 4) is 0 Å². The third-order valence-corrected chi connectivity index (χ3v) is 1.03. The highest BCUT2D eigenvalue weighted by Crippen LogP contribution is 2.08. The first kappa shape index (κ1) is 8.74. The fourth-order valence-electron chi connectivity index (χ4n) is 0.241. The molecule has 56 valence electrons. The molecule has 0 aromatic heterocycles. The van der Waals surface area contributed by atoms with Gasteiger partial charge in [0.05, 0.1) is 6.61 Å². The summed E-state index contributed by atoms with van der Waals surface area (Å²) >= 11 is 0. The monoisotopic (exact) mass is 145 g/mol. The van der Waals surface area contributed by atoms with Gasteiger partial charge in [0.15, 0.2) is 5.54 Å². The molecular formula is C4H7N3O3. The Morgan fingerprint density at radius 3 is 2.50 bits per heavy atom. The molecule has 0 heterocycles. The number of rotatable bonds is 3. The van der Waals surface area contributed by atoms with E-state index in [2.05, 4.69) is 10.0 Å². The van der Waals surface area contributed by atoms with Gasteiger partial charge in [-0.2, -0.15) is 0 Å². The van der Waals surface area contributed by atoms with E-state index in [4.69, 9.17) is 15.7 Å². The molecule has 0 aliphatic rings. The summed E-state index contributed by atoms with van der Waals surface area (Å²) < 4.78 is 0. The molecule has 0 aromatic carbocycles. The molecule has 0 radical (unpaired) electrons. The van der Waals surface area contributed by atoms with Crippen LogP contribution >= 0.6 is 0 Å². The van der Waals surface area contributed by atoms with Crippen molar-refractivity contribution in [3.63, 3.8) is 0 Å². The molecule has 0 aliphatic heterocycles. The van der Waals surface area contributed by atoms with Gasteiger partial charge in [0.1, 0.15) is 0 Å². The van der Waals surface area contributed by atoms with E-state index in [9.17, 15) is 4.79 Å². The zero-order valence-corrected chi connectivity index (χ0v) is 5.35. The van der Waals surface area contributed by atoms with Crippen molar-refractivity contribution >= 4 is 5.97 Å². The van der Waals surface area contributed by atoms with E-state index in [0.29, 0.717) is 0 Å². The van der Waals surface area contributed by atoms with Crippen LogP contribution in [0.15, 0.2) is 5.11 Å². The molecule has 1 atom stereocenters. The molecule has 0 spiro atoms. The van der Waals surface area contributed by atoms with Gasteiger partial charge in [-0.25, -0.2) is 0 Å². The number of azide groups is 1. The number of hydrogen-bond acceptors (Lipinski definition) is 3. The van der Waals surface area contributed by atoms with Crippen molar-refractivity contribution in [3.05, 3.63) is 10.4 Å². The number of carboxylic acids is 1. The topological polar surface area (TPSA) is 106 Å². The average molecular weight is 145 g/mol. The number of nitrogens with zero attached hydrogens (tertiary/aromatic N) is 3. The third-order valence-electron chi connectivity index (χ3n) is 1.03. The first-order valence-corrected chi connectivity index (χ1v) is 2.47. The van der Waals surface area contributed by atoms with Gasteiger partial charge < -0.3 is 10.2 Å². The van der Waals surface area contributed by atoms with Gasteiger partial charge in [0.2, 0.25) is 0 Å². The number of carbonyl (C=O) groups is 1. The average Bonchev–Trinajstić information content (AvgIpc) is 1.88. The maximum atomic E-state index is 10.2. The van der Waals surface area contributed by atoms with E-state index < -0.39 is 18.1 Å². The number of carboxylic acid groups (broad SMARTS) is 1. The van der Waals surface area contributed by atoms with Crippen LogP contribution < -0.4 is 0 Å². The summed E-state index contributed by atoms with van der Waals surface area (Å²) in [5.74, 6) is -1.34. The summed E-state index contributed by atoms with van der Waals surface area (Å²) in [4.78, 5) is 12.5. The van der Waals surface area contributed by atoms with Crippen LogP contribution in [0, 0.1) is 0 Å². The molecule has 0 aromatic rings. The summed E-state index contributed by atoms with van der Waals surface area (Å²) in [6, 6.07) is 0. The molecular weight excluding hydrogens is 138 g/mol. The van der Waals surface area contributed by atoms with Crippen LogP contribution in [0.5, 0.6) is 0 Å². The molecule has 0 bridgehead atoms. The third kappa shape index (κ3) is 1.61. The fourth-order valence-corrected chi connectivity index (χ4v) is 0.241. The molecule has 0 unspecified atom stereocenters. The van der Waals surface area contributed by atoms with Crippen molar-refractivity contribution in [2.45, 2.75) is 12.5 Å². The van der Waals surface area contributed by atoms with E-state index in [1.807, 2.05) is 0 Å². The lowest BCUT2D eigenvalue weighted by molar-refractivity contribution is -0.144. The summed E-state index contributed by atoms with van der Waals surface area (Å²) in [7, 11) is 0. The van der Waals surface area contributed by atoms with Gasteiger partial charge in [0.25, 0.3) is 0 Å². The van der Waals surface area contributed by atoms with Gasteiger partial charge in [-0.05, 0) is 12.5 Å². The lowest BCUT2D eigenvalue weighted by Crippen LogP contribution is -2.36. The number of hydrogen-bond donors (Lipinski definition) is 2. The van der Waals surface area contributed by atoms with Gasteiger partial charge in [-0.1, -0.05) is 5.11 Å². The predicted octanol–water partition coefficient (Wildman–Crippen LogP) is 0.132. The van der Waals surface area contributed by atoms with Crippen molar-refractivity contribution in [1.29, 1.82) is 0 Å². The van der Waals surface area contributed by atoms with Crippen LogP contribution in [0.25, 0.3) is 10.4 Å². The van der Waals surface area contributed by atoms with E-state index >= 15 is 0 Å². The molecule has 0 aliphatic carbocycles. The lowest BCUT2D eigenvalue weighted by atomic mass is 10.1. The van der Waals surface area contributed by atoms with E-state index in [-0.39, 0.29) is 0 Å². The maximum Gasteiger partial charge on any atom is 0.317 e. The summed E-state index contributed by atoms with van der Waals surface area (Å²) in [6.45, 7) is 0.432. The Morgan fingerprint density at radius 1 is 1.90 bits per heavy atom. The zero-order chi connectivity index (χ0) is 8.20. The van der Waals surface area contributed by atoms with Crippen molar-refractivity contribution in [2.24, 2.45) is 5.11 Å². The second-order valence-corrected chi connectivity index (χ2v) is 1.93. The van der Waals surface area contributed by atoms with Crippen molar-refractivity contribution in [1.82, 2.24) is 0 Å². The van der Waals surface area contributed by atoms with Crippen LogP contribution in [0.4, 0.5) is 0 Å². The molecule has 6 nitrogen and oxygen atoms in total. The molecule has 0 fully saturated rings. The number of aliphatic hydroxyl groups is 1. The maximum absolute atomic E-state index is 10.2. The first-order chi connectivity index (χ1) is 4.56. The normalized spacial score (nSPS) is 15.0. The minimum atomic E-state index is -1.73. The van der Waals surface area contributed by atoms with Crippen molar-refractivity contribution < 1.29 is 15.0 Å². The Kier molecular flexibility index (Phi) is 2.66. The molecule has 0 saturated carbocycles. The first-order valence-electron chi connectivity index (χ1n) is 2.47. The van der Waals surface area contributed by atoms with E-state index in [1.165, 1.54) is 0 Å². The molecule has 10 heavy (non-hydrogen) atoms. The molecule has 0 amide bonds. The molecule has 2 N–H and O–H groups in total. The summed E-state index contributed by atoms with van der Waals surface area (Å²) in [5.41, 5.74) is 6.14. The molecule has 0 rings (SSSR count). The largest absolute Gasteiger partial charge is 0.481 e. The van der Waals surface area contributed by atoms with Gasteiger partial charge in [-0.15, -0.1) is 0 Å². The van der Waals surface area contributed by atoms with Gasteiger partial charge in [-0.3, -0.25) is 4.79 Å². The van der Waals surface area contributed by atoms with Gasteiger partial charge >= 0.3 is 5.97 Å². The van der Waals surface area contributed by atoms with Crippen LogP contribution in [-0.2, 0) is 4.79 Å². The molecule has 6 heteroatoms. The van der Waals surface area contributed by atoms with Gasteiger partial charge in [0, 0.05) is 4.91 Å². The lowest BCUT2D eigenvalue weighted by Gasteiger charge is -2.13. The Bertz CT molecular complexity index is 182.